The van der Waals surface area contributed by atoms with Crippen molar-refractivity contribution in [2.75, 3.05) is 44.5 Å². The summed E-state index contributed by atoms with van der Waals surface area (Å²) in [6, 6.07) is 7.77. The molecule has 1 aliphatic heterocycles. The number of nitrogens with zero attached hydrogens (tertiary/aromatic N) is 4. The quantitative estimate of drug-likeness (QED) is 0.213. The molecule has 1 aromatic carbocycles. The highest BCUT2D eigenvalue weighted by Gasteiger charge is 2.27. The van der Waals surface area contributed by atoms with Crippen LogP contribution in [0.4, 0.5) is 14.5 Å². The smallest absolute Gasteiger partial charge is 0.201 e. The number of benzene rings is 1. The number of rotatable bonds is 9. The zero-order valence-corrected chi connectivity index (χ0v) is 22.4. The van der Waals surface area contributed by atoms with E-state index >= 15 is 4.39 Å². The van der Waals surface area contributed by atoms with Gasteiger partial charge in [-0.3, -0.25) is 14.7 Å². The first-order chi connectivity index (χ1) is 18.9. The first-order valence-electron chi connectivity index (χ1n) is 12.6. The van der Waals surface area contributed by atoms with E-state index in [1.165, 1.54) is 10.5 Å². The number of aromatic amines is 1. The van der Waals surface area contributed by atoms with Gasteiger partial charge in [0.1, 0.15) is 17.2 Å². The van der Waals surface area contributed by atoms with Crippen LogP contribution in [-0.4, -0.2) is 74.3 Å². The summed E-state index contributed by atoms with van der Waals surface area (Å²) >= 11 is -1.76. The predicted octanol–water partition coefficient (Wildman–Crippen LogP) is 3.48. The highest BCUT2D eigenvalue weighted by Crippen LogP contribution is 2.29. The van der Waals surface area contributed by atoms with Crippen LogP contribution in [0.1, 0.15) is 28.5 Å². The third-order valence-electron chi connectivity index (χ3n) is 6.77. The normalized spacial score (nSPS) is 15.1. The number of carbonyl (C=O) groups excluding carboxylic acids is 1. The highest BCUT2D eigenvalue weighted by molar-refractivity contribution is 7.90. The van der Waals surface area contributed by atoms with Gasteiger partial charge in [-0.2, -0.15) is 4.72 Å². The number of aromatic nitrogens is 3. The van der Waals surface area contributed by atoms with Gasteiger partial charge in [-0.25, -0.2) is 13.8 Å². The average Bonchev–Trinajstić information content (AvgIpc) is 3.38. The first-order valence-corrected chi connectivity index (χ1v) is 13.7. The van der Waals surface area contributed by atoms with Crippen LogP contribution in [0, 0.1) is 11.6 Å². The van der Waals surface area contributed by atoms with Crippen molar-refractivity contribution >= 4 is 34.1 Å². The second kappa shape index (κ2) is 11.8. The van der Waals surface area contributed by atoms with Gasteiger partial charge >= 0.3 is 0 Å². The predicted molar refractivity (Wildman–Crippen MR) is 147 cm³/mol. The zero-order valence-electron chi connectivity index (χ0n) is 21.6. The van der Waals surface area contributed by atoms with Crippen LogP contribution in [0.5, 0.6) is 0 Å². The fourth-order valence-corrected chi connectivity index (χ4v) is 5.14. The topological polar surface area (TPSA) is 112 Å². The Labute approximate surface area is 228 Å². The maximum atomic E-state index is 15.3. The maximum Gasteiger partial charge on any atom is 0.201 e. The minimum atomic E-state index is -1.76. The molecule has 0 spiro atoms. The molecule has 4 heterocycles. The molecule has 0 saturated carbocycles. The monoisotopic (exact) mass is 553 g/mol. The fourth-order valence-electron chi connectivity index (χ4n) is 4.40. The van der Waals surface area contributed by atoms with E-state index in [1.54, 1.807) is 32.4 Å². The number of piperazine rings is 1. The molecule has 3 aromatic heterocycles. The number of H-pyrrole nitrogens is 1. The number of hydrogen-bond acceptors (Lipinski definition) is 8. The Bertz CT molecular complexity index is 1480. The van der Waals surface area contributed by atoms with Gasteiger partial charge in [0.25, 0.3) is 0 Å². The van der Waals surface area contributed by atoms with Crippen molar-refractivity contribution < 1.29 is 18.1 Å². The second-order valence-electron chi connectivity index (χ2n) is 9.30. The van der Waals surface area contributed by atoms with Crippen LogP contribution >= 0.6 is 0 Å². The van der Waals surface area contributed by atoms with Gasteiger partial charge in [0.05, 0.1) is 11.3 Å². The van der Waals surface area contributed by atoms with Crippen molar-refractivity contribution in [3.05, 3.63) is 77.4 Å². The Morgan fingerprint density at radius 1 is 1.15 bits per heavy atom. The summed E-state index contributed by atoms with van der Waals surface area (Å²) in [7, 11) is 1.59. The molecular formula is C27H29F2N7O2S. The van der Waals surface area contributed by atoms with Crippen LogP contribution < -0.4 is 10.0 Å². The number of pyridine rings is 2. The second-order valence-corrected chi connectivity index (χ2v) is 10.6. The molecule has 12 heteroatoms. The molecule has 1 atom stereocenters. The standard InChI is InChI=1S/C27H29F2N7O2S/c1-3-35(2)39(38)34-23-7-6-22(28)24(25(23)29)26(37)21-15-33-27-20(21)12-18(14-32-27)17-4-5-19(31-13-17)16-36-10-8-30-9-11-36/h4-7,12-15,30,34H,3,8-11,16H2,1-2H3,(H,32,33). The number of anilines is 1. The number of nitrogens with one attached hydrogen (secondary N) is 3. The van der Waals surface area contributed by atoms with Gasteiger partial charge in [0.2, 0.25) is 5.78 Å². The van der Waals surface area contributed by atoms with E-state index in [0.717, 1.165) is 56.1 Å². The Hall–Kier alpha value is -3.42. The molecule has 9 nitrogen and oxygen atoms in total. The van der Waals surface area contributed by atoms with E-state index in [2.05, 4.69) is 29.9 Å². The number of hydrogen-bond donors (Lipinski definition) is 3. The van der Waals surface area contributed by atoms with Crippen molar-refractivity contribution in [1.82, 2.24) is 29.5 Å². The first kappa shape index (κ1) is 27.2. The number of fused-ring (bicyclic) bond motifs is 1. The van der Waals surface area contributed by atoms with E-state index in [1.807, 2.05) is 12.1 Å². The van der Waals surface area contributed by atoms with Crippen LogP contribution in [0.15, 0.2) is 48.9 Å². The summed E-state index contributed by atoms with van der Waals surface area (Å²) in [6.45, 7) is 6.87. The Morgan fingerprint density at radius 2 is 1.92 bits per heavy atom. The number of ketones is 1. The molecule has 0 bridgehead atoms. The van der Waals surface area contributed by atoms with Crippen molar-refractivity contribution in [2.45, 2.75) is 13.5 Å². The van der Waals surface area contributed by atoms with Gasteiger partial charge < -0.3 is 14.9 Å². The largest absolute Gasteiger partial charge is 0.573 e. The third-order valence-corrected chi connectivity index (χ3v) is 7.99. The van der Waals surface area contributed by atoms with Gasteiger partial charge in [-0.15, -0.1) is 4.31 Å². The van der Waals surface area contributed by atoms with Crippen LogP contribution in [0.3, 0.4) is 0 Å². The Balaban J connectivity index is 1.42. The molecule has 0 aliphatic carbocycles. The molecular weight excluding hydrogens is 524 g/mol. The molecule has 5 rings (SSSR count). The fraction of sp³-hybridized carbons (Fsp3) is 0.296. The van der Waals surface area contributed by atoms with E-state index in [4.69, 9.17) is 0 Å². The van der Waals surface area contributed by atoms with Gasteiger partial charge in [-0.05, 0) is 31.2 Å². The average molecular weight is 554 g/mol. The number of carbonyl (C=O) groups is 1. The van der Waals surface area contributed by atoms with E-state index in [0.29, 0.717) is 23.1 Å². The third kappa shape index (κ3) is 5.80. The lowest BCUT2D eigenvalue weighted by Crippen LogP contribution is -2.43. The maximum absolute atomic E-state index is 15.3. The number of halogens is 2. The Kier molecular flexibility index (Phi) is 8.19. The molecule has 1 unspecified atom stereocenters. The zero-order chi connectivity index (χ0) is 27.5. The molecule has 1 fully saturated rings. The molecule has 3 N–H and O–H groups in total. The van der Waals surface area contributed by atoms with Gasteiger partial charge in [-0.1, -0.05) is 6.07 Å². The lowest BCUT2D eigenvalue weighted by atomic mass is 10.00. The summed E-state index contributed by atoms with van der Waals surface area (Å²) in [5.74, 6) is -2.97. The van der Waals surface area contributed by atoms with Crippen molar-refractivity contribution in [3.8, 4) is 11.1 Å². The summed E-state index contributed by atoms with van der Waals surface area (Å²) in [4.78, 5) is 27.7. The van der Waals surface area contributed by atoms with Gasteiger partial charge in [0, 0.05) is 87.0 Å². The van der Waals surface area contributed by atoms with Gasteiger partial charge in [0.15, 0.2) is 17.4 Å². The molecule has 1 saturated heterocycles. The summed E-state index contributed by atoms with van der Waals surface area (Å²) in [6.07, 6.45) is 4.81. The van der Waals surface area contributed by atoms with Crippen molar-refractivity contribution in [2.24, 2.45) is 0 Å². The SMILES string of the molecule is CCN(C)[S+]([O-])Nc1ccc(F)c(C(=O)c2c[nH]c3ncc(-c4ccc(CN5CCNCC5)nc4)cc23)c1F. The highest BCUT2D eigenvalue weighted by atomic mass is 32.2. The summed E-state index contributed by atoms with van der Waals surface area (Å²) < 4.78 is 46.4. The lowest BCUT2D eigenvalue weighted by Gasteiger charge is -2.26. The van der Waals surface area contributed by atoms with E-state index in [-0.39, 0.29) is 11.3 Å². The molecule has 0 radical (unpaired) electrons. The van der Waals surface area contributed by atoms with E-state index in [9.17, 15) is 13.7 Å². The van der Waals surface area contributed by atoms with Crippen LogP contribution in [0.25, 0.3) is 22.2 Å². The molecule has 0 amide bonds. The van der Waals surface area contributed by atoms with Crippen LogP contribution in [0.2, 0.25) is 0 Å². The van der Waals surface area contributed by atoms with E-state index < -0.39 is 34.5 Å². The van der Waals surface area contributed by atoms with Crippen molar-refractivity contribution in [1.29, 1.82) is 0 Å². The minimum Gasteiger partial charge on any atom is -0.573 e. The lowest BCUT2D eigenvalue weighted by molar-refractivity contribution is 0.103. The molecule has 39 heavy (non-hydrogen) atoms. The summed E-state index contributed by atoms with van der Waals surface area (Å²) in [5.41, 5.74) is 1.99. The molecule has 4 aromatic rings. The minimum absolute atomic E-state index is 0.0735. The molecule has 1 aliphatic rings. The Morgan fingerprint density at radius 3 is 2.64 bits per heavy atom. The molecule has 204 valence electrons. The summed E-state index contributed by atoms with van der Waals surface area (Å²) in [5, 5.41) is 3.76. The van der Waals surface area contributed by atoms with Crippen molar-refractivity contribution in [3.63, 3.8) is 0 Å². The van der Waals surface area contributed by atoms with Crippen LogP contribution in [-0.2, 0) is 18.1 Å².